The SMILES string of the molecule is CC(C)(C)C(NCCN)c1ccccc1. The molecule has 0 saturated heterocycles. The van der Waals surface area contributed by atoms with Gasteiger partial charge in [0, 0.05) is 19.1 Å². The first-order valence-corrected chi connectivity index (χ1v) is 5.54. The minimum atomic E-state index is 0.205. The van der Waals surface area contributed by atoms with E-state index in [2.05, 4.69) is 50.4 Å². The third kappa shape index (κ3) is 3.65. The highest BCUT2D eigenvalue weighted by Crippen LogP contribution is 2.32. The molecule has 0 heterocycles. The van der Waals surface area contributed by atoms with Crippen molar-refractivity contribution < 1.29 is 0 Å². The van der Waals surface area contributed by atoms with E-state index in [0.29, 0.717) is 12.6 Å². The first-order chi connectivity index (χ1) is 7.05. The van der Waals surface area contributed by atoms with Crippen LogP contribution in [0.15, 0.2) is 30.3 Å². The number of benzene rings is 1. The van der Waals surface area contributed by atoms with Gasteiger partial charge in [-0.05, 0) is 11.0 Å². The normalized spacial score (nSPS) is 13.9. The van der Waals surface area contributed by atoms with Gasteiger partial charge in [0.05, 0.1) is 0 Å². The van der Waals surface area contributed by atoms with Crippen molar-refractivity contribution in [1.29, 1.82) is 0 Å². The molecule has 2 nitrogen and oxygen atoms in total. The zero-order valence-corrected chi connectivity index (χ0v) is 9.96. The van der Waals surface area contributed by atoms with Crippen LogP contribution in [0.2, 0.25) is 0 Å². The van der Waals surface area contributed by atoms with Crippen LogP contribution in [-0.4, -0.2) is 13.1 Å². The number of rotatable bonds is 4. The second-order valence-electron chi connectivity index (χ2n) is 4.95. The Bertz CT molecular complexity index is 274. The van der Waals surface area contributed by atoms with Crippen molar-refractivity contribution in [1.82, 2.24) is 5.32 Å². The van der Waals surface area contributed by atoms with Crippen molar-refractivity contribution in [2.75, 3.05) is 13.1 Å². The molecule has 0 aliphatic carbocycles. The molecule has 0 spiro atoms. The fourth-order valence-corrected chi connectivity index (χ4v) is 1.80. The molecule has 15 heavy (non-hydrogen) atoms. The maximum Gasteiger partial charge on any atom is 0.0369 e. The molecule has 1 atom stereocenters. The predicted molar refractivity (Wildman–Crippen MR) is 65.7 cm³/mol. The van der Waals surface area contributed by atoms with Gasteiger partial charge in [-0.15, -0.1) is 0 Å². The molecule has 1 aromatic rings. The standard InChI is InChI=1S/C13H22N2/c1-13(2,3)12(15-10-9-14)11-7-5-4-6-8-11/h4-8,12,15H,9-10,14H2,1-3H3. The molecule has 0 bridgehead atoms. The summed E-state index contributed by atoms with van der Waals surface area (Å²) >= 11 is 0. The lowest BCUT2D eigenvalue weighted by Gasteiger charge is -2.32. The van der Waals surface area contributed by atoms with Gasteiger partial charge >= 0.3 is 0 Å². The van der Waals surface area contributed by atoms with Crippen molar-refractivity contribution in [3.05, 3.63) is 35.9 Å². The lowest BCUT2D eigenvalue weighted by atomic mass is 9.82. The van der Waals surface area contributed by atoms with Gasteiger partial charge in [-0.25, -0.2) is 0 Å². The molecule has 1 unspecified atom stereocenters. The van der Waals surface area contributed by atoms with Crippen LogP contribution in [0.25, 0.3) is 0 Å². The van der Waals surface area contributed by atoms with Crippen LogP contribution in [0.1, 0.15) is 32.4 Å². The van der Waals surface area contributed by atoms with Gasteiger partial charge in [-0.1, -0.05) is 51.1 Å². The van der Waals surface area contributed by atoms with Gasteiger partial charge < -0.3 is 11.1 Å². The average Bonchev–Trinajstić information content (AvgIpc) is 2.18. The maximum atomic E-state index is 5.54. The summed E-state index contributed by atoms with van der Waals surface area (Å²) in [4.78, 5) is 0. The van der Waals surface area contributed by atoms with Crippen LogP contribution < -0.4 is 11.1 Å². The molecule has 0 aliphatic rings. The van der Waals surface area contributed by atoms with Crippen LogP contribution in [0.3, 0.4) is 0 Å². The molecular weight excluding hydrogens is 184 g/mol. The summed E-state index contributed by atoms with van der Waals surface area (Å²) in [5.74, 6) is 0. The first kappa shape index (κ1) is 12.2. The molecule has 0 saturated carbocycles. The number of hydrogen-bond acceptors (Lipinski definition) is 2. The largest absolute Gasteiger partial charge is 0.329 e. The van der Waals surface area contributed by atoms with Crippen molar-refractivity contribution in [3.8, 4) is 0 Å². The van der Waals surface area contributed by atoms with E-state index in [-0.39, 0.29) is 5.41 Å². The zero-order chi connectivity index (χ0) is 11.3. The molecule has 0 fully saturated rings. The highest BCUT2D eigenvalue weighted by molar-refractivity contribution is 5.20. The van der Waals surface area contributed by atoms with Crippen LogP contribution in [0.5, 0.6) is 0 Å². The van der Waals surface area contributed by atoms with E-state index < -0.39 is 0 Å². The summed E-state index contributed by atoms with van der Waals surface area (Å²) < 4.78 is 0. The Balaban J connectivity index is 2.82. The van der Waals surface area contributed by atoms with E-state index >= 15 is 0 Å². The zero-order valence-electron chi connectivity index (χ0n) is 9.96. The molecule has 2 heteroatoms. The van der Waals surface area contributed by atoms with Gasteiger partial charge in [0.1, 0.15) is 0 Å². The summed E-state index contributed by atoms with van der Waals surface area (Å²) in [6.07, 6.45) is 0. The quantitative estimate of drug-likeness (QED) is 0.793. The molecule has 0 amide bonds. The first-order valence-electron chi connectivity index (χ1n) is 5.54. The summed E-state index contributed by atoms with van der Waals surface area (Å²) in [5, 5.41) is 3.50. The van der Waals surface area contributed by atoms with E-state index in [1.807, 2.05) is 6.07 Å². The highest BCUT2D eigenvalue weighted by atomic mass is 14.9. The highest BCUT2D eigenvalue weighted by Gasteiger charge is 2.24. The Morgan fingerprint density at radius 3 is 2.27 bits per heavy atom. The maximum absolute atomic E-state index is 5.54. The Kier molecular flexibility index (Phi) is 4.30. The van der Waals surface area contributed by atoms with E-state index in [1.54, 1.807) is 0 Å². The molecule has 3 N–H and O–H groups in total. The third-order valence-corrected chi connectivity index (χ3v) is 2.49. The monoisotopic (exact) mass is 206 g/mol. The Morgan fingerprint density at radius 1 is 1.20 bits per heavy atom. The van der Waals surface area contributed by atoms with E-state index in [0.717, 1.165) is 6.54 Å². The van der Waals surface area contributed by atoms with Crippen molar-refractivity contribution in [2.45, 2.75) is 26.8 Å². The molecule has 0 aromatic heterocycles. The van der Waals surface area contributed by atoms with Crippen LogP contribution >= 0.6 is 0 Å². The summed E-state index contributed by atoms with van der Waals surface area (Å²) in [6.45, 7) is 8.27. The average molecular weight is 206 g/mol. The van der Waals surface area contributed by atoms with Gasteiger partial charge in [0.15, 0.2) is 0 Å². The second kappa shape index (κ2) is 5.29. The second-order valence-corrected chi connectivity index (χ2v) is 4.95. The fourth-order valence-electron chi connectivity index (χ4n) is 1.80. The molecular formula is C13H22N2. The van der Waals surface area contributed by atoms with Gasteiger partial charge in [0.25, 0.3) is 0 Å². The van der Waals surface area contributed by atoms with Crippen LogP contribution in [-0.2, 0) is 0 Å². The minimum Gasteiger partial charge on any atom is -0.329 e. The topological polar surface area (TPSA) is 38.0 Å². The van der Waals surface area contributed by atoms with E-state index in [9.17, 15) is 0 Å². The van der Waals surface area contributed by atoms with Gasteiger partial charge in [0.2, 0.25) is 0 Å². The molecule has 1 rings (SSSR count). The summed E-state index contributed by atoms with van der Waals surface area (Å²) in [5.41, 5.74) is 7.07. The molecule has 0 radical (unpaired) electrons. The fraction of sp³-hybridized carbons (Fsp3) is 0.538. The molecule has 0 aliphatic heterocycles. The lowest BCUT2D eigenvalue weighted by Crippen LogP contribution is -2.35. The number of nitrogens with one attached hydrogen (secondary N) is 1. The van der Waals surface area contributed by atoms with Gasteiger partial charge in [-0.3, -0.25) is 0 Å². The van der Waals surface area contributed by atoms with Crippen LogP contribution in [0, 0.1) is 5.41 Å². The van der Waals surface area contributed by atoms with Gasteiger partial charge in [-0.2, -0.15) is 0 Å². The van der Waals surface area contributed by atoms with Crippen molar-refractivity contribution in [2.24, 2.45) is 11.1 Å². The van der Waals surface area contributed by atoms with Crippen molar-refractivity contribution in [3.63, 3.8) is 0 Å². The van der Waals surface area contributed by atoms with Crippen molar-refractivity contribution >= 4 is 0 Å². The summed E-state index contributed by atoms with van der Waals surface area (Å²) in [6, 6.07) is 10.9. The molecule has 84 valence electrons. The van der Waals surface area contributed by atoms with Crippen LogP contribution in [0.4, 0.5) is 0 Å². The lowest BCUT2D eigenvalue weighted by molar-refractivity contribution is 0.275. The minimum absolute atomic E-state index is 0.205. The third-order valence-electron chi connectivity index (χ3n) is 2.49. The Labute approximate surface area is 92.9 Å². The van der Waals surface area contributed by atoms with E-state index in [1.165, 1.54) is 5.56 Å². The number of nitrogens with two attached hydrogens (primary N) is 1. The smallest absolute Gasteiger partial charge is 0.0369 e. The van der Waals surface area contributed by atoms with E-state index in [4.69, 9.17) is 5.73 Å². The molecule has 1 aromatic carbocycles. The summed E-state index contributed by atoms with van der Waals surface area (Å²) in [7, 11) is 0. The Morgan fingerprint density at radius 2 is 1.80 bits per heavy atom. The number of hydrogen-bond donors (Lipinski definition) is 2. The predicted octanol–water partition coefficient (Wildman–Crippen LogP) is 2.32. The Hall–Kier alpha value is -0.860.